The van der Waals surface area contributed by atoms with Crippen LogP contribution in [0.25, 0.3) is 55.0 Å². The van der Waals surface area contributed by atoms with Gasteiger partial charge in [0.1, 0.15) is 17.2 Å². The molecule has 0 saturated carbocycles. The topological polar surface area (TPSA) is 112 Å². The van der Waals surface area contributed by atoms with Crippen LogP contribution >= 0.6 is 11.3 Å². The van der Waals surface area contributed by atoms with Gasteiger partial charge in [-0.15, -0.1) is 11.3 Å². The Labute approximate surface area is 198 Å². The molecule has 5 aromatic heterocycles. The number of nitrogens with two attached hydrogens (primary N) is 1. The van der Waals surface area contributed by atoms with Gasteiger partial charge in [-0.05, 0) is 29.6 Å². The van der Waals surface area contributed by atoms with Crippen molar-refractivity contribution in [1.82, 2.24) is 30.1 Å². The van der Waals surface area contributed by atoms with Gasteiger partial charge in [0.05, 0.1) is 35.5 Å². The second-order valence-electron chi connectivity index (χ2n) is 8.54. The zero-order valence-electron chi connectivity index (χ0n) is 18.1. The molecular formula is C25H20N8S. The molecule has 7 rings (SSSR count). The predicted molar refractivity (Wildman–Crippen MR) is 136 cm³/mol. The molecule has 0 aliphatic carbocycles. The van der Waals surface area contributed by atoms with E-state index in [1.54, 1.807) is 29.9 Å². The van der Waals surface area contributed by atoms with Gasteiger partial charge in [0.15, 0.2) is 0 Å². The summed E-state index contributed by atoms with van der Waals surface area (Å²) in [5, 5.41) is 12.0. The number of rotatable bonds is 4. The molecule has 6 aromatic rings. The number of pyridine rings is 1. The first-order chi connectivity index (χ1) is 16.7. The maximum atomic E-state index is 5.93. The lowest BCUT2D eigenvalue weighted by Gasteiger charge is -2.37. The van der Waals surface area contributed by atoms with E-state index in [-0.39, 0.29) is 6.04 Å². The zero-order valence-corrected chi connectivity index (χ0v) is 18.9. The average Bonchev–Trinajstić information content (AvgIpc) is 3.60. The standard InChI is InChI=1S/C25H20N8S/c26-14-12-33(13-14)24-11-27-9-22(30-24)19-8-17-21(10-28-19)31-32-25(17)20-7-16-15(23-5-2-6-34-23)3-1-4-18(16)29-20/h1-11,14,29H,12-13,26H2,(H,31,32). The van der Waals surface area contributed by atoms with E-state index in [2.05, 4.69) is 71.8 Å². The first-order valence-corrected chi connectivity index (χ1v) is 11.9. The lowest BCUT2D eigenvalue weighted by molar-refractivity contribution is 0.514. The number of nitrogens with one attached hydrogen (secondary N) is 2. The van der Waals surface area contributed by atoms with Gasteiger partial charge in [0, 0.05) is 45.9 Å². The molecule has 0 amide bonds. The first-order valence-electron chi connectivity index (χ1n) is 11.1. The summed E-state index contributed by atoms with van der Waals surface area (Å²) in [6, 6.07) is 15.0. The van der Waals surface area contributed by atoms with Crippen molar-refractivity contribution in [2.24, 2.45) is 5.73 Å². The third kappa shape index (κ3) is 3.09. The Morgan fingerprint density at radius 1 is 0.971 bits per heavy atom. The second kappa shape index (κ2) is 7.47. The molecule has 4 N–H and O–H groups in total. The van der Waals surface area contributed by atoms with Crippen LogP contribution in [-0.4, -0.2) is 49.3 Å². The Hall–Kier alpha value is -4.08. The minimum absolute atomic E-state index is 0.199. The number of nitrogens with zero attached hydrogens (tertiary/aromatic N) is 5. The van der Waals surface area contributed by atoms with Gasteiger partial charge in [0.2, 0.25) is 0 Å². The molecule has 1 aliphatic rings. The van der Waals surface area contributed by atoms with E-state index in [1.807, 2.05) is 6.07 Å². The highest BCUT2D eigenvalue weighted by Gasteiger charge is 2.25. The summed E-state index contributed by atoms with van der Waals surface area (Å²) < 4.78 is 0. The molecule has 0 radical (unpaired) electrons. The number of aromatic nitrogens is 6. The van der Waals surface area contributed by atoms with Gasteiger partial charge in [-0.3, -0.25) is 15.1 Å². The molecule has 1 fully saturated rings. The molecule has 1 aromatic carbocycles. The summed E-state index contributed by atoms with van der Waals surface area (Å²) >= 11 is 1.74. The summed E-state index contributed by atoms with van der Waals surface area (Å²) in [6.45, 7) is 1.59. The van der Waals surface area contributed by atoms with E-state index in [4.69, 9.17) is 10.7 Å². The molecular weight excluding hydrogens is 444 g/mol. The smallest absolute Gasteiger partial charge is 0.147 e. The molecule has 1 aliphatic heterocycles. The molecule has 34 heavy (non-hydrogen) atoms. The van der Waals surface area contributed by atoms with Crippen LogP contribution in [0.15, 0.2) is 66.4 Å². The Morgan fingerprint density at radius 2 is 1.91 bits per heavy atom. The molecule has 0 unspecified atom stereocenters. The van der Waals surface area contributed by atoms with Crippen LogP contribution in [0.1, 0.15) is 0 Å². The van der Waals surface area contributed by atoms with E-state index in [0.29, 0.717) is 0 Å². The highest BCUT2D eigenvalue weighted by molar-refractivity contribution is 7.13. The van der Waals surface area contributed by atoms with Crippen molar-refractivity contribution in [3.8, 4) is 33.2 Å². The highest BCUT2D eigenvalue weighted by Crippen LogP contribution is 2.36. The fraction of sp³-hybridized carbons (Fsp3) is 0.120. The lowest BCUT2D eigenvalue weighted by atomic mass is 10.1. The maximum absolute atomic E-state index is 5.93. The lowest BCUT2D eigenvalue weighted by Crippen LogP contribution is -2.56. The largest absolute Gasteiger partial charge is 0.353 e. The van der Waals surface area contributed by atoms with Gasteiger partial charge in [0.25, 0.3) is 0 Å². The quantitative estimate of drug-likeness (QED) is 0.356. The second-order valence-corrected chi connectivity index (χ2v) is 9.49. The van der Waals surface area contributed by atoms with Crippen molar-refractivity contribution in [3.05, 3.63) is 66.4 Å². The summed E-state index contributed by atoms with van der Waals surface area (Å²) in [7, 11) is 0. The van der Waals surface area contributed by atoms with Crippen molar-refractivity contribution in [1.29, 1.82) is 0 Å². The third-order valence-corrected chi connectivity index (χ3v) is 7.17. The Morgan fingerprint density at radius 3 is 2.76 bits per heavy atom. The fourth-order valence-corrected chi connectivity index (χ4v) is 5.29. The van der Waals surface area contributed by atoms with Crippen molar-refractivity contribution < 1.29 is 0 Å². The monoisotopic (exact) mass is 464 g/mol. The van der Waals surface area contributed by atoms with Crippen molar-refractivity contribution in [3.63, 3.8) is 0 Å². The van der Waals surface area contributed by atoms with E-state index in [1.165, 1.54) is 15.8 Å². The number of benzene rings is 1. The minimum atomic E-state index is 0.199. The zero-order chi connectivity index (χ0) is 22.6. The van der Waals surface area contributed by atoms with E-state index in [9.17, 15) is 0 Å². The minimum Gasteiger partial charge on any atom is -0.353 e. The van der Waals surface area contributed by atoms with E-state index in [0.717, 1.165) is 58.1 Å². The molecule has 9 heteroatoms. The van der Waals surface area contributed by atoms with Gasteiger partial charge in [-0.1, -0.05) is 18.2 Å². The number of H-pyrrole nitrogens is 2. The van der Waals surface area contributed by atoms with Crippen molar-refractivity contribution >= 4 is 39.0 Å². The number of hydrogen-bond acceptors (Lipinski definition) is 7. The number of thiophene rings is 1. The summed E-state index contributed by atoms with van der Waals surface area (Å²) in [5.74, 6) is 0.824. The average molecular weight is 465 g/mol. The van der Waals surface area contributed by atoms with Crippen LogP contribution in [0.2, 0.25) is 0 Å². The maximum Gasteiger partial charge on any atom is 0.147 e. The Bertz CT molecular complexity index is 1640. The summed E-state index contributed by atoms with van der Waals surface area (Å²) in [6.07, 6.45) is 5.31. The molecule has 0 spiro atoms. The molecule has 0 bridgehead atoms. The van der Waals surface area contributed by atoms with Crippen LogP contribution in [0.4, 0.5) is 5.82 Å². The highest BCUT2D eigenvalue weighted by atomic mass is 32.1. The SMILES string of the molecule is NC1CN(c2cncc(-c3cc4c(-c5cc6c(-c7cccs7)cccc6[nH]5)n[nH]c4cn3)n2)C1. The van der Waals surface area contributed by atoms with E-state index < -0.39 is 0 Å². The Balaban J connectivity index is 1.31. The number of fused-ring (bicyclic) bond motifs is 2. The van der Waals surface area contributed by atoms with Crippen LogP contribution in [0.3, 0.4) is 0 Å². The molecule has 8 nitrogen and oxygen atoms in total. The number of hydrogen-bond donors (Lipinski definition) is 3. The van der Waals surface area contributed by atoms with Crippen LogP contribution in [0, 0.1) is 0 Å². The molecule has 6 heterocycles. The molecule has 166 valence electrons. The third-order valence-electron chi connectivity index (χ3n) is 6.27. The van der Waals surface area contributed by atoms with E-state index >= 15 is 0 Å². The summed E-state index contributed by atoms with van der Waals surface area (Å²) in [4.78, 5) is 20.7. The first kappa shape index (κ1) is 19.4. The predicted octanol–water partition coefficient (Wildman–Crippen LogP) is 4.44. The number of anilines is 1. The van der Waals surface area contributed by atoms with Crippen LogP contribution < -0.4 is 10.6 Å². The van der Waals surface area contributed by atoms with Gasteiger partial charge in [-0.25, -0.2) is 4.98 Å². The Kier molecular flexibility index (Phi) is 4.26. The molecule has 1 saturated heterocycles. The van der Waals surface area contributed by atoms with Gasteiger partial charge in [-0.2, -0.15) is 5.10 Å². The normalized spacial score (nSPS) is 14.2. The van der Waals surface area contributed by atoms with Crippen LogP contribution in [-0.2, 0) is 0 Å². The van der Waals surface area contributed by atoms with Gasteiger partial charge < -0.3 is 15.6 Å². The summed E-state index contributed by atoms with van der Waals surface area (Å²) in [5.41, 5.74) is 12.4. The van der Waals surface area contributed by atoms with Crippen molar-refractivity contribution in [2.75, 3.05) is 18.0 Å². The van der Waals surface area contributed by atoms with Gasteiger partial charge >= 0.3 is 0 Å². The number of aromatic amines is 2. The van der Waals surface area contributed by atoms with Crippen molar-refractivity contribution in [2.45, 2.75) is 6.04 Å². The molecule has 0 atom stereocenters. The fourth-order valence-electron chi connectivity index (χ4n) is 4.52. The van der Waals surface area contributed by atoms with Crippen LogP contribution in [0.5, 0.6) is 0 Å².